The first kappa shape index (κ1) is 15.5. The fourth-order valence-electron chi connectivity index (χ4n) is 2.05. The summed E-state index contributed by atoms with van der Waals surface area (Å²) in [6.07, 6.45) is 0. The number of amides is 2. The Morgan fingerprint density at radius 1 is 1.24 bits per heavy atom. The van der Waals surface area contributed by atoms with Crippen molar-refractivity contribution in [3.8, 4) is 0 Å². The van der Waals surface area contributed by atoms with Crippen LogP contribution in [-0.4, -0.2) is 24.3 Å². The van der Waals surface area contributed by atoms with Gasteiger partial charge in [0.05, 0.1) is 12.6 Å². The van der Waals surface area contributed by atoms with Gasteiger partial charge in [-0.1, -0.05) is 43.3 Å². The number of carbonyl (C=O) groups is 1. The summed E-state index contributed by atoms with van der Waals surface area (Å²) in [5, 5.41) is 17.1. The average Bonchev–Trinajstić information content (AvgIpc) is 3.05. The summed E-state index contributed by atoms with van der Waals surface area (Å²) in [6, 6.07) is 12.9. The highest BCUT2D eigenvalue weighted by atomic mass is 32.1. The van der Waals surface area contributed by atoms with Gasteiger partial charge in [-0.15, -0.1) is 11.3 Å². The maximum absolute atomic E-state index is 11.9. The van der Waals surface area contributed by atoms with Crippen molar-refractivity contribution in [1.82, 2.24) is 10.6 Å². The van der Waals surface area contributed by atoms with E-state index in [1.165, 1.54) is 4.88 Å². The van der Waals surface area contributed by atoms with Crippen LogP contribution in [-0.2, 0) is 0 Å². The molecule has 2 aromatic rings. The molecule has 0 aliphatic carbocycles. The molecule has 21 heavy (non-hydrogen) atoms. The molecule has 1 aromatic heterocycles. The molecule has 2 rings (SSSR count). The Hall–Kier alpha value is -1.85. The summed E-state index contributed by atoms with van der Waals surface area (Å²) in [7, 11) is 0. The molecule has 2 atom stereocenters. The quantitative estimate of drug-likeness (QED) is 0.768. The average molecular weight is 304 g/mol. The SMILES string of the molecule is C[C@H](CNC(=O)N[C@H](CO)c1ccccc1)c1cccs1. The first-order chi connectivity index (χ1) is 10.2. The molecule has 1 aromatic carbocycles. The van der Waals surface area contributed by atoms with Gasteiger partial charge in [0.25, 0.3) is 0 Å². The van der Waals surface area contributed by atoms with Crippen molar-refractivity contribution in [2.75, 3.05) is 13.2 Å². The lowest BCUT2D eigenvalue weighted by Gasteiger charge is -2.18. The number of aliphatic hydroxyl groups excluding tert-OH is 1. The molecule has 1 heterocycles. The molecule has 0 radical (unpaired) electrons. The van der Waals surface area contributed by atoms with E-state index in [-0.39, 0.29) is 24.6 Å². The lowest BCUT2D eigenvalue weighted by atomic mass is 10.1. The molecular formula is C16H20N2O2S. The Labute approximate surface area is 128 Å². The summed E-state index contributed by atoms with van der Waals surface area (Å²) >= 11 is 1.69. The molecule has 0 saturated heterocycles. The van der Waals surface area contributed by atoms with Gasteiger partial charge < -0.3 is 15.7 Å². The van der Waals surface area contributed by atoms with Crippen LogP contribution >= 0.6 is 11.3 Å². The van der Waals surface area contributed by atoms with E-state index in [1.54, 1.807) is 11.3 Å². The maximum Gasteiger partial charge on any atom is 0.315 e. The Kier molecular flexibility index (Phi) is 5.78. The smallest absolute Gasteiger partial charge is 0.315 e. The van der Waals surface area contributed by atoms with E-state index in [4.69, 9.17) is 0 Å². The molecular weight excluding hydrogens is 284 g/mol. The molecule has 5 heteroatoms. The van der Waals surface area contributed by atoms with Gasteiger partial charge in [0.1, 0.15) is 0 Å². The number of carbonyl (C=O) groups excluding carboxylic acids is 1. The van der Waals surface area contributed by atoms with E-state index in [0.717, 1.165) is 5.56 Å². The van der Waals surface area contributed by atoms with E-state index < -0.39 is 0 Å². The van der Waals surface area contributed by atoms with Gasteiger partial charge in [-0.2, -0.15) is 0 Å². The largest absolute Gasteiger partial charge is 0.394 e. The number of aliphatic hydroxyl groups is 1. The van der Waals surface area contributed by atoms with Gasteiger partial charge >= 0.3 is 6.03 Å². The van der Waals surface area contributed by atoms with Crippen molar-refractivity contribution >= 4 is 17.4 Å². The molecule has 3 N–H and O–H groups in total. The van der Waals surface area contributed by atoms with Crippen molar-refractivity contribution < 1.29 is 9.90 Å². The van der Waals surface area contributed by atoms with Crippen molar-refractivity contribution in [3.63, 3.8) is 0 Å². The number of rotatable bonds is 6. The second-order valence-corrected chi connectivity index (χ2v) is 5.90. The first-order valence-corrected chi connectivity index (χ1v) is 7.82. The number of nitrogens with one attached hydrogen (secondary N) is 2. The molecule has 0 bridgehead atoms. The van der Waals surface area contributed by atoms with Crippen LogP contribution in [0.5, 0.6) is 0 Å². The summed E-state index contributed by atoms with van der Waals surface area (Å²) in [5.74, 6) is 0.278. The monoisotopic (exact) mass is 304 g/mol. The minimum Gasteiger partial charge on any atom is -0.394 e. The van der Waals surface area contributed by atoms with Gasteiger partial charge in [-0.05, 0) is 17.0 Å². The highest BCUT2D eigenvalue weighted by Crippen LogP contribution is 2.19. The van der Waals surface area contributed by atoms with Crippen LogP contribution < -0.4 is 10.6 Å². The van der Waals surface area contributed by atoms with Crippen LogP contribution in [0.1, 0.15) is 29.3 Å². The van der Waals surface area contributed by atoms with Crippen LogP contribution in [0.2, 0.25) is 0 Å². The number of urea groups is 1. The summed E-state index contributed by atoms with van der Waals surface area (Å²) in [5.41, 5.74) is 0.890. The van der Waals surface area contributed by atoms with Crippen molar-refractivity contribution in [1.29, 1.82) is 0 Å². The second-order valence-electron chi connectivity index (χ2n) is 4.92. The van der Waals surface area contributed by atoms with Crippen LogP contribution in [0.4, 0.5) is 4.79 Å². The highest BCUT2D eigenvalue weighted by molar-refractivity contribution is 7.10. The van der Waals surface area contributed by atoms with Crippen molar-refractivity contribution in [2.24, 2.45) is 0 Å². The molecule has 0 aliphatic heterocycles. The van der Waals surface area contributed by atoms with E-state index in [0.29, 0.717) is 6.54 Å². The summed E-state index contributed by atoms with van der Waals surface area (Å²) in [4.78, 5) is 13.2. The third-order valence-electron chi connectivity index (χ3n) is 3.29. The number of thiophene rings is 1. The molecule has 0 unspecified atom stereocenters. The standard InChI is InChI=1S/C16H20N2O2S/c1-12(15-8-5-9-21-15)10-17-16(20)18-14(11-19)13-6-3-2-4-7-13/h2-9,12,14,19H,10-11H2,1H3,(H2,17,18,20)/t12-,14-/m1/s1. The normalized spacial score (nSPS) is 13.4. The molecule has 0 aliphatic rings. The van der Waals surface area contributed by atoms with Crippen LogP contribution in [0.15, 0.2) is 47.8 Å². The number of benzene rings is 1. The fraction of sp³-hybridized carbons (Fsp3) is 0.312. The third-order valence-corrected chi connectivity index (χ3v) is 4.39. The molecule has 4 nitrogen and oxygen atoms in total. The molecule has 0 fully saturated rings. The molecule has 0 spiro atoms. The summed E-state index contributed by atoms with van der Waals surface area (Å²) in [6.45, 7) is 2.52. The van der Waals surface area contributed by atoms with Gasteiger partial charge in [-0.3, -0.25) is 0 Å². The van der Waals surface area contributed by atoms with Crippen LogP contribution in [0.3, 0.4) is 0 Å². The van der Waals surface area contributed by atoms with Gasteiger partial charge in [-0.25, -0.2) is 4.79 Å². The Bertz CT molecular complexity index is 543. The highest BCUT2D eigenvalue weighted by Gasteiger charge is 2.14. The maximum atomic E-state index is 11.9. The van der Waals surface area contributed by atoms with E-state index in [9.17, 15) is 9.90 Å². The van der Waals surface area contributed by atoms with E-state index in [1.807, 2.05) is 41.8 Å². The Morgan fingerprint density at radius 2 is 2.00 bits per heavy atom. The summed E-state index contributed by atoms with van der Waals surface area (Å²) < 4.78 is 0. The lowest BCUT2D eigenvalue weighted by Crippen LogP contribution is -2.40. The van der Waals surface area contributed by atoms with E-state index >= 15 is 0 Å². The predicted octanol–water partition coefficient (Wildman–Crippen LogP) is 2.88. The number of hydrogen-bond donors (Lipinski definition) is 3. The molecule has 112 valence electrons. The third kappa shape index (κ3) is 4.58. The predicted molar refractivity (Wildman–Crippen MR) is 85.5 cm³/mol. The zero-order valence-corrected chi connectivity index (χ0v) is 12.8. The van der Waals surface area contributed by atoms with E-state index in [2.05, 4.69) is 23.6 Å². The van der Waals surface area contributed by atoms with Crippen LogP contribution in [0, 0.1) is 0 Å². The van der Waals surface area contributed by atoms with Gasteiger partial charge in [0.2, 0.25) is 0 Å². The number of hydrogen-bond acceptors (Lipinski definition) is 3. The van der Waals surface area contributed by atoms with Gasteiger partial charge in [0.15, 0.2) is 0 Å². The zero-order chi connectivity index (χ0) is 15.1. The Morgan fingerprint density at radius 3 is 2.62 bits per heavy atom. The minimum atomic E-state index is -0.386. The fourth-order valence-corrected chi connectivity index (χ4v) is 2.83. The van der Waals surface area contributed by atoms with Crippen LogP contribution in [0.25, 0.3) is 0 Å². The van der Waals surface area contributed by atoms with Gasteiger partial charge in [0, 0.05) is 17.3 Å². The lowest BCUT2D eigenvalue weighted by molar-refractivity contribution is 0.216. The van der Waals surface area contributed by atoms with Crippen molar-refractivity contribution in [2.45, 2.75) is 18.9 Å². The second kappa shape index (κ2) is 7.81. The zero-order valence-electron chi connectivity index (χ0n) is 12.0. The topological polar surface area (TPSA) is 61.4 Å². The molecule has 2 amide bonds. The molecule has 0 saturated carbocycles. The Balaban J connectivity index is 1.83. The first-order valence-electron chi connectivity index (χ1n) is 6.94. The van der Waals surface area contributed by atoms with Crippen molar-refractivity contribution in [3.05, 3.63) is 58.3 Å². The minimum absolute atomic E-state index is 0.127.